The van der Waals surface area contributed by atoms with Crippen LogP contribution in [0.2, 0.25) is 5.02 Å². The lowest BCUT2D eigenvalue weighted by molar-refractivity contribution is 0.0526. The second-order valence-electron chi connectivity index (χ2n) is 7.23. The van der Waals surface area contributed by atoms with Crippen LogP contribution in [0.5, 0.6) is 5.75 Å². The number of carbonyl (C=O) groups excluding carboxylic acids is 1. The van der Waals surface area contributed by atoms with Crippen molar-refractivity contribution in [2.75, 3.05) is 24.7 Å². The maximum Gasteiger partial charge on any atom is 0.339 e. The first-order valence-electron chi connectivity index (χ1n) is 10.3. The van der Waals surface area contributed by atoms with E-state index in [9.17, 15) is 4.79 Å². The Morgan fingerprint density at radius 2 is 1.84 bits per heavy atom. The molecular weight excluding hydrogens is 410 g/mol. The molecule has 1 aliphatic rings. The lowest BCUT2D eigenvalue weighted by Gasteiger charge is -2.30. The van der Waals surface area contributed by atoms with Crippen molar-refractivity contribution in [3.63, 3.8) is 0 Å². The highest BCUT2D eigenvalue weighted by molar-refractivity contribution is 6.30. The van der Waals surface area contributed by atoms with Gasteiger partial charge in [-0.05, 0) is 61.4 Å². The fraction of sp³-hybridized carbons (Fsp3) is 0.192. The summed E-state index contributed by atoms with van der Waals surface area (Å²) >= 11 is 6.09. The van der Waals surface area contributed by atoms with E-state index in [2.05, 4.69) is 23.1 Å². The Labute approximate surface area is 187 Å². The number of benzene rings is 3. The number of rotatable bonds is 4. The molecule has 0 unspecified atom stereocenters. The quantitative estimate of drug-likeness (QED) is 0.344. The van der Waals surface area contributed by atoms with Crippen molar-refractivity contribution in [3.8, 4) is 16.9 Å². The molecule has 0 aliphatic carbocycles. The number of ether oxygens (including phenoxy) is 2. The number of anilines is 2. The van der Waals surface area contributed by atoms with Gasteiger partial charge in [0.25, 0.3) is 0 Å². The van der Waals surface area contributed by atoms with Crippen LogP contribution in [0, 0.1) is 6.92 Å². The van der Waals surface area contributed by atoms with Gasteiger partial charge in [-0.25, -0.2) is 4.79 Å². The lowest BCUT2D eigenvalue weighted by atomic mass is 9.93. The Bertz CT molecular complexity index is 1110. The third kappa shape index (κ3) is 4.30. The van der Waals surface area contributed by atoms with Crippen LogP contribution in [0.3, 0.4) is 0 Å². The summed E-state index contributed by atoms with van der Waals surface area (Å²) < 4.78 is 11.6. The molecule has 0 N–H and O–H groups in total. The molecule has 4 nitrogen and oxygen atoms in total. The van der Waals surface area contributed by atoms with Crippen molar-refractivity contribution >= 4 is 28.9 Å². The van der Waals surface area contributed by atoms with Gasteiger partial charge in [-0.1, -0.05) is 48.0 Å². The third-order valence-electron chi connectivity index (χ3n) is 5.27. The summed E-state index contributed by atoms with van der Waals surface area (Å²) in [4.78, 5) is 15.2. The number of nitrogens with zero attached hydrogens (tertiary/aromatic N) is 1. The van der Waals surface area contributed by atoms with Gasteiger partial charge in [0.1, 0.15) is 12.4 Å². The number of esters is 1. The van der Waals surface area contributed by atoms with E-state index in [1.165, 1.54) is 0 Å². The van der Waals surface area contributed by atoms with Crippen molar-refractivity contribution in [1.82, 2.24) is 0 Å². The average molecular weight is 434 g/mol. The van der Waals surface area contributed by atoms with Crippen molar-refractivity contribution in [2.45, 2.75) is 13.8 Å². The second-order valence-corrected chi connectivity index (χ2v) is 7.66. The van der Waals surface area contributed by atoms with Gasteiger partial charge in [0.05, 0.1) is 17.9 Å². The molecule has 0 spiro atoms. The van der Waals surface area contributed by atoms with Gasteiger partial charge in [-0.2, -0.15) is 0 Å². The van der Waals surface area contributed by atoms with E-state index >= 15 is 0 Å². The molecule has 31 heavy (non-hydrogen) atoms. The number of hydrogen-bond acceptors (Lipinski definition) is 4. The zero-order valence-corrected chi connectivity index (χ0v) is 18.4. The minimum Gasteiger partial charge on any atom is -0.487 e. The first-order chi connectivity index (χ1) is 15.1. The Morgan fingerprint density at radius 3 is 2.55 bits per heavy atom. The van der Waals surface area contributed by atoms with Crippen molar-refractivity contribution in [3.05, 3.63) is 89.0 Å². The summed E-state index contributed by atoms with van der Waals surface area (Å²) in [7, 11) is 0. The van der Waals surface area contributed by atoms with Gasteiger partial charge in [0, 0.05) is 22.8 Å². The SMILES string of the molecule is CCOC(=O)c1c(-c2ccc(Cl)cc2)cc2c(c1C)N(c1ccccc1)C/C=C\CO2. The molecule has 3 aromatic carbocycles. The molecule has 5 heteroatoms. The van der Waals surface area contributed by atoms with Crippen molar-refractivity contribution in [1.29, 1.82) is 0 Å². The van der Waals surface area contributed by atoms with Gasteiger partial charge < -0.3 is 14.4 Å². The highest BCUT2D eigenvalue weighted by Crippen LogP contribution is 2.44. The number of carbonyl (C=O) groups is 1. The van der Waals surface area contributed by atoms with E-state index in [-0.39, 0.29) is 5.97 Å². The molecule has 0 atom stereocenters. The summed E-state index contributed by atoms with van der Waals surface area (Å²) in [5.74, 6) is 0.377. The molecule has 1 heterocycles. The van der Waals surface area contributed by atoms with Crippen LogP contribution < -0.4 is 9.64 Å². The molecule has 0 amide bonds. The van der Waals surface area contributed by atoms with E-state index in [0.29, 0.717) is 30.3 Å². The normalized spacial score (nSPS) is 14.1. The first-order valence-corrected chi connectivity index (χ1v) is 10.7. The van der Waals surface area contributed by atoms with E-state index < -0.39 is 0 Å². The third-order valence-corrected chi connectivity index (χ3v) is 5.52. The summed E-state index contributed by atoms with van der Waals surface area (Å²) in [6.45, 7) is 5.21. The van der Waals surface area contributed by atoms with Crippen LogP contribution in [0.1, 0.15) is 22.8 Å². The van der Waals surface area contributed by atoms with Crippen LogP contribution >= 0.6 is 11.6 Å². The van der Waals surface area contributed by atoms with Crippen molar-refractivity contribution in [2.24, 2.45) is 0 Å². The predicted octanol–water partition coefficient (Wildman–Crippen LogP) is 6.58. The monoisotopic (exact) mass is 433 g/mol. The maximum atomic E-state index is 13.1. The highest BCUT2D eigenvalue weighted by atomic mass is 35.5. The number of para-hydroxylation sites is 1. The summed E-state index contributed by atoms with van der Waals surface area (Å²) in [5.41, 5.74) is 4.90. The molecule has 0 bridgehead atoms. The van der Waals surface area contributed by atoms with E-state index in [1.54, 1.807) is 0 Å². The number of halogens is 1. The van der Waals surface area contributed by atoms with Gasteiger partial charge in [-0.15, -0.1) is 0 Å². The van der Waals surface area contributed by atoms with Crippen LogP contribution in [0.25, 0.3) is 11.1 Å². The molecular formula is C26H24ClNO3. The molecule has 0 aromatic heterocycles. The fourth-order valence-electron chi connectivity index (χ4n) is 3.87. The van der Waals surface area contributed by atoms with Crippen LogP contribution in [0.15, 0.2) is 72.8 Å². The Hall–Kier alpha value is -3.24. The van der Waals surface area contributed by atoms with Gasteiger partial charge in [0.15, 0.2) is 0 Å². The number of hydrogen-bond donors (Lipinski definition) is 0. The Morgan fingerprint density at radius 1 is 1.10 bits per heavy atom. The Balaban J connectivity index is 1.98. The minimum absolute atomic E-state index is 0.303. The maximum absolute atomic E-state index is 13.1. The average Bonchev–Trinajstić information content (AvgIpc) is 2.76. The molecule has 0 fully saturated rings. The fourth-order valence-corrected chi connectivity index (χ4v) is 3.99. The molecule has 0 radical (unpaired) electrons. The summed E-state index contributed by atoms with van der Waals surface area (Å²) in [5, 5.41) is 0.640. The molecule has 0 saturated heterocycles. The van der Waals surface area contributed by atoms with Gasteiger partial charge >= 0.3 is 5.97 Å². The molecule has 0 saturated carbocycles. The van der Waals surface area contributed by atoms with Gasteiger partial charge in [-0.3, -0.25) is 0 Å². The van der Waals surface area contributed by atoms with E-state index in [0.717, 1.165) is 33.8 Å². The lowest BCUT2D eigenvalue weighted by Crippen LogP contribution is -2.22. The first kappa shape index (κ1) is 21.0. The standard InChI is InChI=1S/C26H24ClNO3/c1-3-30-26(29)24-18(2)25-23(17-22(24)19-11-13-20(27)14-12-19)31-16-8-7-15-28(25)21-9-5-4-6-10-21/h4-14,17H,3,15-16H2,1-2H3/b8-7-. The zero-order valence-electron chi connectivity index (χ0n) is 17.6. The number of fused-ring (bicyclic) bond motifs is 1. The van der Waals surface area contributed by atoms with Crippen LogP contribution in [0.4, 0.5) is 11.4 Å². The largest absolute Gasteiger partial charge is 0.487 e. The Kier molecular flexibility index (Phi) is 6.28. The zero-order chi connectivity index (χ0) is 21.8. The molecule has 158 valence electrons. The van der Waals surface area contributed by atoms with E-state index in [4.69, 9.17) is 21.1 Å². The van der Waals surface area contributed by atoms with Crippen LogP contribution in [-0.4, -0.2) is 25.7 Å². The van der Waals surface area contributed by atoms with Gasteiger partial charge in [0.2, 0.25) is 0 Å². The topological polar surface area (TPSA) is 38.8 Å². The smallest absolute Gasteiger partial charge is 0.339 e. The predicted molar refractivity (Wildman–Crippen MR) is 126 cm³/mol. The van der Waals surface area contributed by atoms with Crippen molar-refractivity contribution < 1.29 is 14.3 Å². The molecule has 1 aliphatic heterocycles. The minimum atomic E-state index is -0.349. The second kappa shape index (κ2) is 9.27. The summed E-state index contributed by atoms with van der Waals surface area (Å²) in [6, 6.07) is 19.5. The molecule has 3 aromatic rings. The summed E-state index contributed by atoms with van der Waals surface area (Å²) in [6.07, 6.45) is 4.09. The van der Waals surface area contributed by atoms with Crippen LogP contribution in [-0.2, 0) is 4.74 Å². The van der Waals surface area contributed by atoms with E-state index in [1.807, 2.05) is 68.5 Å². The molecule has 4 rings (SSSR count). The highest BCUT2D eigenvalue weighted by Gasteiger charge is 2.27.